The van der Waals surface area contributed by atoms with Crippen molar-refractivity contribution in [3.05, 3.63) is 0 Å². The van der Waals surface area contributed by atoms with Crippen molar-refractivity contribution in [1.82, 2.24) is 0 Å². The minimum Gasteiger partial charge on any atom is -0.370 e. The highest BCUT2D eigenvalue weighted by Crippen LogP contribution is 2.25. The molecule has 2 N–H and O–H groups in total. The quantitative estimate of drug-likeness (QED) is 0.675. The Morgan fingerprint density at radius 2 is 2.40 bits per heavy atom. The summed E-state index contributed by atoms with van der Waals surface area (Å²) >= 11 is 3.79. The summed E-state index contributed by atoms with van der Waals surface area (Å²) in [5, 5.41) is 0.483. The predicted octanol–water partition coefficient (Wildman–Crippen LogP) is 0.710. The molecular weight excluding hydrogens is 166 g/mol. The highest BCUT2D eigenvalue weighted by atomic mass is 32.2. The van der Waals surface area contributed by atoms with Gasteiger partial charge >= 0.3 is 0 Å². The summed E-state index contributed by atoms with van der Waals surface area (Å²) in [6, 6.07) is 0. The molecule has 1 unspecified atom stereocenters. The first-order chi connectivity index (χ1) is 4.79. The summed E-state index contributed by atoms with van der Waals surface area (Å²) in [5.74, 6) is 3.32. The van der Waals surface area contributed by atoms with Crippen LogP contribution in [-0.2, 0) is 4.79 Å². The van der Waals surface area contributed by atoms with Crippen molar-refractivity contribution < 1.29 is 4.79 Å². The first-order valence-corrected chi connectivity index (χ1v) is 5.47. The minimum atomic E-state index is -0.167. The topological polar surface area (TPSA) is 43.1 Å². The van der Waals surface area contributed by atoms with E-state index in [-0.39, 0.29) is 5.91 Å². The van der Waals surface area contributed by atoms with Crippen LogP contribution in [-0.4, -0.2) is 28.4 Å². The second-order valence-electron chi connectivity index (χ2n) is 2.24. The van der Waals surface area contributed by atoms with Crippen LogP contribution in [0.4, 0.5) is 0 Å². The Bertz CT molecular complexity index is 123. The largest absolute Gasteiger partial charge is 0.370 e. The number of hydrogen-bond donors (Lipinski definition) is 1. The molecule has 0 bridgehead atoms. The molecule has 1 fully saturated rings. The monoisotopic (exact) mass is 177 g/mol. The Balaban J connectivity index is 2.19. The molecule has 1 saturated heterocycles. The SMILES string of the molecule is NC(=O)CC1CSCCS1. The standard InChI is InChI=1S/C6H11NOS2/c7-6(8)3-5-4-9-1-2-10-5/h5H,1-4H2,(H2,7,8). The van der Waals surface area contributed by atoms with Gasteiger partial charge in [-0.15, -0.1) is 0 Å². The third-order valence-corrected chi connectivity index (χ3v) is 4.16. The third-order valence-electron chi connectivity index (χ3n) is 1.31. The van der Waals surface area contributed by atoms with Gasteiger partial charge in [-0.2, -0.15) is 23.5 Å². The molecule has 4 heteroatoms. The molecule has 0 saturated carbocycles. The van der Waals surface area contributed by atoms with E-state index >= 15 is 0 Å². The highest BCUT2D eigenvalue weighted by Gasteiger charge is 2.15. The van der Waals surface area contributed by atoms with Crippen molar-refractivity contribution in [1.29, 1.82) is 0 Å². The van der Waals surface area contributed by atoms with Crippen LogP contribution in [0.15, 0.2) is 0 Å². The van der Waals surface area contributed by atoms with Crippen LogP contribution in [0.5, 0.6) is 0 Å². The minimum absolute atomic E-state index is 0.167. The second kappa shape index (κ2) is 4.13. The third kappa shape index (κ3) is 2.84. The molecule has 0 radical (unpaired) electrons. The van der Waals surface area contributed by atoms with Gasteiger partial charge in [-0.3, -0.25) is 4.79 Å². The average molecular weight is 177 g/mol. The molecule has 1 heterocycles. The lowest BCUT2D eigenvalue weighted by molar-refractivity contribution is -0.117. The average Bonchev–Trinajstić information content (AvgIpc) is 1.88. The molecule has 0 aromatic heterocycles. The molecule has 58 valence electrons. The lowest BCUT2D eigenvalue weighted by atomic mass is 10.3. The Kier molecular flexibility index (Phi) is 3.42. The summed E-state index contributed by atoms with van der Waals surface area (Å²) in [4.78, 5) is 10.5. The lowest BCUT2D eigenvalue weighted by Crippen LogP contribution is -2.22. The predicted molar refractivity (Wildman–Crippen MR) is 47.4 cm³/mol. The fourth-order valence-corrected chi connectivity index (χ4v) is 3.57. The molecule has 2 nitrogen and oxygen atoms in total. The van der Waals surface area contributed by atoms with E-state index in [0.29, 0.717) is 11.7 Å². The van der Waals surface area contributed by atoms with Crippen molar-refractivity contribution in [2.24, 2.45) is 5.73 Å². The maximum Gasteiger partial charge on any atom is 0.218 e. The number of amides is 1. The van der Waals surface area contributed by atoms with Crippen molar-refractivity contribution in [3.8, 4) is 0 Å². The summed E-state index contributed by atoms with van der Waals surface area (Å²) in [7, 11) is 0. The van der Waals surface area contributed by atoms with Gasteiger partial charge in [-0.25, -0.2) is 0 Å². The molecule has 1 aliphatic heterocycles. The van der Waals surface area contributed by atoms with Crippen LogP contribution in [0.3, 0.4) is 0 Å². The molecular formula is C6H11NOS2. The molecule has 1 amide bonds. The molecule has 0 aromatic rings. The number of primary amides is 1. The van der Waals surface area contributed by atoms with Crippen LogP contribution in [0.25, 0.3) is 0 Å². The Morgan fingerprint density at radius 1 is 1.60 bits per heavy atom. The van der Waals surface area contributed by atoms with Gasteiger partial charge in [0.2, 0.25) is 5.91 Å². The zero-order chi connectivity index (χ0) is 7.40. The van der Waals surface area contributed by atoms with Gasteiger partial charge in [0.15, 0.2) is 0 Å². The first kappa shape index (κ1) is 8.27. The van der Waals surface area contributed by atoms with Gasteiger partial charge in [0.1, 0.15) is 0 Å². The first-order valence-electron chi connectivity index (χ1n) is 3.26. The fraction of sp³-hybridized carbons (Fsp3) is 0.833. The van der Waals surface area contributed by atoms with E-state index in [9.17, 15) is 4.79 Å². The number of carbonyl (C=O) groups is 1. The van der Waals surface area contributed by atoms with Gasteiger partial charge in [0, 0.05) is 28.9 Å². The van der Waals surface area contributed by atoms with E-state index in [1.807, 2.05) is 23.5 Å². The highest BCUT2D eigenvalue weighted by molar-refractivity contribution is 8.06. The Morgan fingerprint density at radius 3 is 2.90 bits per heavy atom. The van der Waals surface area contributed by atoms with Gasteiger partial charge in [0.05, 0.1) is 0 Å². The van der Waals surface area contributed by atoms with Crippen LogP contribution < -0.4 is 5.73 Å². The van der Waals surface area contributed by atoms with E-state index in [0.717, 1.165) is 5.75 Å². The Labute approximate surface area is 69.3 Å². The van der Waals surface area contributed by atoms with E-state index in [1.54, 1.807) is 0 Å². The molecule has 0 aliphatic carbocycles. The molecule has 0 spiro atoms. The zero-order valence-corrected chi connectivity index (χ0v) is 7.34. The van der Waals surface area contributed by atoms with Crippen molar-refractivity contribution in [3.63, 3.8) is 0 Å². The van der Waals surface area contributed by atoms with Gasteiger partial charge in [0.25, 0.3) is 0 Å². The van der Waals surface area contributed by atoms with Crippen LogP contribution in [0.1, 0.15) is 6.42 Å². The van der Waals surface area contributed by atoms with Gasteiger partial charge < -0.3 is 5.73 Å². The van der Waals surface area contributed by atoms with Crippen LogP contribution in [0.2, 0.25) is 0 Å². The van der Waals surface area contributed by atoms with E-state index in [1.165, 1.54) is 11.5 Å². The number of nitrogens with two attached hydrogens (primary N) is 1. The van der Waals surface area contributed by atoms with Crippen molar-refractivity contribution >= 4 is 29.4 Å². The zero-order valence-electron chi connectivity index (χ0n) is 5.71. The van der Waals surface area contributed by atoms with Crippen LogP contribution >= 0.6 is 23.5 Å². The normalized spacial score (nSPS) is 26.2. The number of rotatable bonds is 2. The smallest absolute Gasteiger partial charge is 0.218 e. The maximum atomic E-state index is 10.5. The number of thioether (sulfide) groups is 2. The summed E-state index contributed by atoms with van der Waals surface area (Å²) in [5.41, 5.74) is 5.06. The van der Waals surface area contributed by atoms with Crippen molar-refractivity contribution in [2.45, 2.75) is 11.7 Å². The van der Waals surface area contributed by atoms with E-state index < -0.39 is 0 Å². The van der Waals surface area contributed by atoms with Crippen molar-refractivity contribution in [2.75, 3.05) is 17.3 Å². The lowest BCUT2D eigenvalue weighted by Gasteiger charge is -2.18. The second-order valence-corrected chi connectivity index (χ2v) is 4.80. The summed E-state index contributed by atoms with van der Waals surface area (Å²) in [6.45, 7) is 0. The van der Waals surface area contributed by atoms with E-state index in [4.69, 9.17) is 5.73 Å². The number of carbonyl (C=O) groups excluding carboxylic acids is 1. The van der Waals surface area contributed by atoms with Gasteiger partial charge in [-0.05, 0) is 0 Å². The molecule has 1 aliphatic rings. The molecule has 10 heavy (non-hydrogen) atoms. The van der Waals surface area contributed by atoms with Gasteiger partial charge in [-0.1, -0.05) is 0 Å². The molecule has 1 rings (SSSR count). The summed E-state index contributed by atoms with van der Waals surface area (Å²) < 4.78 is 0. The summed E-state index contributed by atoms with van der Waals surface area (Å²) in [6.07, 6.45) is 0.553. The number of hydrogen-bond acceptors (Lipinski definition) is 3. The Hall–Kier alpha value is 0.170. The molecule has 1 atom stereocenters. The van der Waals surface area contributed by atoms with E-state index in [2.05, 4.69) is 0 Å². The van der Waals surface area contributed by atoms with Crippen LogP contribution in [0, 0.1) is 0 Å². The molecule has 0 aromatic carbocycles. The fourth-order valence-electron chi connectivity index (χ4n) is 0.879. The maximum absolute atomic E-state index is 10.5.